The lowest BCUT2D eigenvalue weighted by Crippen LogP contribution is -2.22. The number of rotatable bonds is 2. The Morgan fingerprint density at radius 3 is 3.14 bits per heavy atom. The van der Waals surface area contributed by atoms with Crippen LogP contribution in [0.4, 0.5) is 0 Å². The smallest absolute Gasteiger partial charge is 0.0975 e. The molecule has 0 aromatic rings. The largest absolute Gasteiger partial charge is 0.396 e. The fourth-order valence-corrected chi connectivity index (χ4v) is 2.28. The third-order valence-electron chi connectivity index (χ3n) is 3.11. The average Bonchev–Trinajstić information content (AvgIpc) is 2.58. The van der Waals surface area contributed by atoms with E-state index in [1.54, 1.807) is 0 Å². The summed E-state index contributed by atoms with van der Waals surface area (Å²) in [4.78, 5) is 0. The normalized spacial score (nSPS) is 39.0. The Balaban J connectivity index is 2.14. The number of fused-ring (bicyclic) bond motifs is 2. The van der Waals surface area contributed by atoms with Crippen LogP contribution < -0.4 is 0 Å². The first-order valence-electron chi connectivity index (χ1n) is 5.48. The van der Waals surface area contributed by atoms with E-state index in [9.17, 15) is 5.11 Å². The molecule has 2 bridgehead atoms. The molecule has 1 fully saturated rings. The lowest BCUT2D eigenvalue weighted by Gasteiger charge is -2.16. The Morgan fingerprint density at radius 2 is 2.43 bits per heavy atom. The Labute approximate surface area is 85.3 Å². The molecule has 2 heterocycles. The average molecular weight is 194 g/mol. The van der Waals surface area contributed by atoms with Gasteiger partial charge in [-0.2, -0.15) is 0 Å². The Morgan fingerprint density at radius 1 is 1.57 bits per heavy atom. The van der Waals surface area contributed by atoms with Gasteiger partial charge in [-0.3, -0.25) is 0 Å². The molecule has 0 unspecified atom stereocenters. The van der Waals surface area contributed by atoms with Crippen LogP contribution in [0.2, 0.25) is 0 Å². The molecule has 2 heteroatoms. The maximum atomic E-state index is 9.22. The fourth-order valence-electron chi connectivity index (χ4n) is 2.28. The number of aliphatic hydroxyl groups excluding tert-OH is 1. The molecule has 78 valence electrons. The van der Waals surface area contributed by atoms with Gasteiger partial charge in [-0.15, -0.1) is 0 Å². The second-order valence-electron chi connectivity index (χ2n) is 4.07. The van der Waals surface area contributed by atoms with Gasteiger partial charge in [0.05, 0.1) is 12.2 Å². The lowest BCUT2D eigenvalue weighted by atomic mass is 9.92. The van der Waals surface area contributed by atoms with Crippen LogP contribution in [-0.2, 0) is 4.74 Å². The summed E-state index contributed by atoms with van der Waals surface area (Å²) in [5.74, 6) is 0.291. The van der Waals surface area contributed by atoms with Crippen molar-refractivity contribution >= 4 is 0 Å². The molecule has 0 radical (unpaired) electrons. The molecule has 3 atom stereocenters. The van der Waals surface area contributed by atoms with Crippen LogP contribution in [0, 0.1) is 5.92 Å². The minimum absolute atomic E-state index is 0.146. The quantitative estimate of drug-likeness (QED) is 0.682. The summed E-state index contributed by atoms with van der Waals surface area (Å²) in [6.07, 6.45) is 10.0. The third kappa shape index (κ3) is 1.77. The van der Waals surface area contributed by atoms with E-state index in [-0.39, 0.29) is 18.8 Å². The minimum atomic E-state index is 0.146. The van der Waals surface area contributed by atoms with Gasteiger partial charge in [0, 0.05) is 12.5 Å². The molecule has 0 aliphatic carbocycles. The van der Waals surface area contributed by atoms with Gasteiger partial charge in [-0.25, -0.2) is 0 Å². The Kier molecular flexibility index (Phi) is 3.04. The molecule has 2 rings (SSSR count). The van der Waals surface area contributed by atoms with E-state index < -0.39 is 0 Å². The molecule has 2 nitrogen and oxygen atoms in total. The van der Waals surface area contributed by atoms with Crippen molar-refractivity contribution in [1.29, 1.82) is 0 Å². The van der Waals surface area contributed by atoms with Crippen molar-refractivity contribution in [2.45, 2.75) is 38.4 Å². The van der Waals surface area contributed by atoms with Crippen molar-refractivity contribution < 1.29 is 9.84 Å². The van der Waals surface area contributed by atoms with Gasteiger partial charge in [0.1, 0.15) is 0 Å². The summed E-state index contributed by atoms with van der Waals surface area (Å²) in [7, 11) is 0. The first-order valence-corrected chi connectivity index (χ1v) is 5.48. The molecule has 1 N–H and O–H groups in total. The van der Waals surface area contributed by atoms with Gasteiger partial charge in [0.15, 0.2) is 0 Å². The second-order valence-corrected chi connectivity index (χ2v) is 4.07. The predicted molar refractivity (Wildman–Crippen MR) is 56.0 cm³/mol. The summed E-state index contributed by atoms with van der Waals surface area (Å²) in [5.41, 5.74) is 1.39. The van der Waals surface area contributed by atoms with E-state index in [1.807, 2.05) is 0 Å². The molecule has 14 heavy (non-hydrogen) atoms. The van der Waals surface area contributed by atoms with Crippen LogP contribution >= 0.6 is 0 Å². The maximum absolute atomic E-state index is 9.22. The summed E-state index contributed by atoms with van der Waals surface area (Å²) in [6.45, 7) is 2.39. The van der Waals surface area contributed by atoms with Crippen LogP contribution in [-0.4, -0.2) is 23.9 Å². The molecular formula is C12H18O2. The highest BCUT2D eigenvalue weighted by Crippen LogP contribution is 2.33. The van der Waals surface area contributed by atoms with Crippen LogP contribution in [0.3, 0.4) is 0 Å². The zero-order chi connectivity index (χ0) is 9.97. The highest BCUT2D eigenvalue weighted by molar-refractivity contribution is 5.22. The van der Waals surface area contributed by atoms with E-state index in [2.05, 4.69) is 25.2 Å². The molecular weight excluding hydrogens is 176 g/mol. The van der Waals surface area contributed by atoms with Crippen molar-refractivity contribution in [3.8, 4) is 0 Å². The zero-order valence-electron chi connectivity index (χ0n) is 8.65. The van der Waals surface area contributed by atoms with E-state index in [0.29, 0.717) is 5.92 Å². The van der Waals surface area contributed by atoms with E-state index >= 15 is 0 Å². The Hall–Kier alpha value is -0.600. The van der Waals surface area contributed by atoms with Crippen LogP contribution in [0.1, 0.15) is 26.2 Å². The molecule has 0 aromatic carbocycles. The third-order valence-corrected chi connectivity index (χ3v) is 3.11. The summed E-state index contributed by atoms with van der Waals surface area (Å²) < 4.78 is 5.85. The molecule has 0 spiro atoms. The predicted octanol–water partition coefficient (Wildman–Crippen LogP) is 2.05. The monoisotopic (exact) mass is 194 g/mol. The van der Waals surface area contributed by atoms with Crippen molar-refractivity contribution in [3.05, 3.63) is 23.8 Å². The van der Waals surface area contributed by atoms with Gasteiger partial charge < -0.3 is 9.84 Å². The van der Waals surface area contributed by atoms with Crippen molar-refractivity contribution in [2.75, 3.05) is 6.61 Å². The molecule has 2 aliphatic heterocycles. The highest BCUT2D eigenvalue weighted by Gasteiger charge is 2.31. The van der Waals surface area contributed by atoms with Crippen molar-refractivity contribution in [1.82, 2.24) is 0 Å². The minimum Gasteiger partial charge on any atom is -0.396 e. The number of ether oxygens (including phenoxy) is 1. The number of hydrogen-bond acceptors (Lipinski definition) is 2. The standard InChI is InChI=1S/C12H18O2/c1-2-3-9-4-5-10(8-13)12-7-6-11(9)14-12/h3,6-7,10-13H,2,4-5,8H2,1H3/b9-3-/t10-,11+,12-/m1/s1. The number of aliphatic hydroxyl groups is 1. The molecule has 0 amide bonds. The van der Waals surface area contributed by atoms with Gasteiger partial charge in [-0.05, 0) is 24.8 Å². The van der Waals surface area contributed by atoms with E-state index in [0.717, 1.165) is 19.3 Å². The van der Waals surface area contributed by atoms with Gasteiger partial charge in [0.2, 0.25) is 0 Å². The second kappa shape index (κ2) is 4.28. The van der Waals surface area contributed by atoms with Gasteiger partial charge >= 0.3 is 0 Å². The van der Waals surface area contributed by atoms with E-state index in [4.69, 9.17) is 4.74 Å². The highest BCUT2D eigenvalue weighted by atomic mass is 16.5. The maximum Gasteiger partial charge on any atom is 0.0975 e. The summed E-state index contributed by atoms with van der Waals surface area (Å²) in [6, 6.07) is 0. The molecule has 0 aromatic heterocycles. The van der Waals surface area contributed by atoms with Gasteiger partial charge in [0.25, 0.3) is 0 Å². The first-order chi connectivity index (χ1) is 6.85. The Bertz CT molecular complexity index is 255. The van der Waals surface area contributed by atoms with Crippen molar-refractivity contribution in [3.63, 3.8) is 0 Å². The summed E-state index contributed by atoms with van der Waals surface area (Å²) in [5, 5.41) is 9.22. The molecule has 2 aliphatic rings. The number of allylic oxidation sites excluding steroid dienone is 1. The van der Waals surface area contributed by atoms with Gasteiger partial charge in [-0.1, -0.05) is 25.2 Å². The van der Waals surface area contributed by atoms with Crippen LogP contribution in [0.15, 0.2) is 23.8 Å². The number of hydrogen-bond donors (Lipinski definition) is 1. The van der Waals surface area contributed by atoms with E-state index in [1.165, 1.54) is 5.57 Å². The van der Waals surface area contributed by atoms with Crippen LogP contribution in [0.25, 0.3) is 0 Å². The first kappa shape index (κ1) is 9.94. The lowest BCUT2D eigenvalue weighted by molar-refractivity contribution is 0.0321. The van der Waals surface area contributed by atoms with Crippen molar-refractivity contribution in [2.24, 2.45) is 5.92 Å². The zero-order valence-corrected chi connectivity index (χ0v) is 8.65. The molecule has 1 saturated heterocycles. The van der Waals surface area contributed by atoms with Crippen LogP contribution in [0.5, 0.6) is 0 Å². The fraction of sp³-hybridized carbons (Fsp3) is 0.667. The summed E-state index contributed by atoms with van der Waals surface area (Å²) >= 11 is 0. The topological polar surface area (TPSA) is 29.5 Å². The SMILES string of the molecule is CC/C=C1/CC[C@H](CO)[C@H]2C=C[C@@H]1O2. The molecule has 0 saturated carbocycles.